The second-order valence-electron chi connectivity index (χ2n) is 5.89. The molecule has 0 aliphatic rings. The zero-order chi connectivity index (χ0) is 16.4. The highest BCUT2D eigenvalue weighted by molar-refractivity contribution is 7.89. The minimum Gasteiger partial charge on any atom is -0.477 e. The molecule has 1 aromatic heterocycles. The number of rotatable bonds is 6. The van der Waals surface area contributed by atoms with Crippen molar-refractivity contribution in [2.45, 2.75) is 45.1 Å². The summed E-state index contributed by atoms with van der Waals surface area (Å²) in [4.78, 5) is 11.3. The molecule has 1 heterocycles. The molecule has 6 nitrogen and oxygen atoms in total. The Balaban J connectivity index is 3.13. The van der Waals surface area contributed by atoms with Crippen LogP contribution in [0.2, 0.25) is 0 Å². The number of nitrogens with one attached hydrogen (secondary N) is 1. The van der Waals surface area contributed by atoms with Crippen molar-refractivity contribution in [1.29, 1.82) is 0 Å². The molecule has 0 fully saturated rings. The first kappa shape index (κ1) is 18.1. The van der Waals surface area contributed by atoms with E-state index in [-0.39, 0.29) is 28.2 Å². The molecule has 0 saturated carbocycles. The van der Waals surface area contributed by atoms with Gasteiger partial charge in [0.15, 0.2) is 0 Å². The molecular formula is C13H21NO5S2. The molecule has 0 aromatic carbocycles. The maximum absolute atomic E-state index is 12.4. The van der Waals surface area contributed by atoms with Gasteiger partial charge in [0.1, 0.15) is 4.88 Å². The van der Waals surface area contributed by atoms with Crippen molar-refractivity contribution < 1.29 is 23.4 Å². The predicted molar refractivity (Wildman–Crippen MR) is 81.3 cm³/mol. The zero-order valence-corrected chi connectivity index (χ0v) is 14.1. The van der Waals surface area contributed by atoms with Crippen LogP contribution in [0.1, 0.15) is 41.7 Å². The number of hydrogen-bond donors (Lipinski definition) is 3. The van der Waals surface area contributed by atoms with Crippen LogP contribution in [0.5, 0.6) is 0 Å². The van der Waals surface area contributed by atoms with E-state index in [4.69, 9.17) is 10.2 Å². The number of carboxylic acids is 1. The number of sulfonamides is 1. The SMILES string of the molecule is Cc1sc(C(=O)O)cc1S(=O)(=O)NC(CCO)C(C)(C)C. The molecule has 21 heavy (non-hydrogen) atoms. The lowest BCUT2D eigenvalue weighted by molar-refractivity contribution is 0.0702. The van der Waals surface area contributed by atoms with Crippen LogP contribution >= 0.6 is 11.3 Å². The van der Waals surface area contributed by atoms with Crippen LogP contribution < -0.4 is 4.72 Å². The van der Waals surface area contributed by atoms with Crippen molar-refractivity contribution in [2.24, 2.45) is 5.41 Å². The van der Waals surface area contributed by atoms with E-state index in [0.29, 0.717) is 4.88 Å². The summed E-state index contributed by atoms with van der Waals surface area (Å²) < 4.78 is 27.5. The quantitative estimate of drug-likeness (QED) is 0.736. The Morgan fingerprint density at radius 1 is 1.43 bits per heavy atom. The lowest BCUT2D eigenvalue weighted by Crippen LogP contribution is -2.44. The molecule has 0 amide bonds. The van der Waals surface area contributed by atoms with E-state index in [9.17, 15) is 13.2 Å². The second kappa shape index (κ2) is 6.43. The van der Waals surface area contributed by atoms with Crippen LogP contribution in [-0.2, 0) is 10.0 Å². The molecule has 0 radical (unpaired) electrons. The van der Waals surface area contributed by atoms with Gasteiger partial charge in [0.25, 0.3) is 0 Å². The maximum Gasteiger partial charge on any atom is 0.345 e. The number of carboxylic acid groups (broad SMARTS) is 1. The number of thiophene rings is 1. The van der Waals surface area contributed by atoms with Crippen LogP contribution in [0.4, 0.5) is 0 Å². The molecule has 0 bridgehead atoms. The molecule has 0 aliphatic carbocycles. The number of hydrogen-bond acceptors (Lipinski definition) is 5. The van der Waals surface area contributed by atoms with Crippen molar-refractivity contribution >= 4 is 27.3 Å². The molecule has 120 valence electrons. The Morgan fingerprint density at radius 2 is 2.00 bits per heavy atom. The number of aliphatic hydroxyl groups excluding tert-OH is 1. The topological polar surface area (TPSA) is 104 Å². The molecule has 3 N–H and O–H groups in total. The summed E-state index contributed by atoms with van der Waals surface area (Å²) in [6.07, 6.45) is 0.289. The second-order valence-corrected chi connectivity index (χ2v) is 8.83. The van der Waals surface area contributed by atoms with Crippen molar-refractivity contribution in [2.75, 3.05) is 6.61 Å². The van der Waals surface area contributed by atoms with Crippen LogP contribution in [-0.4, -0.2) is 37.2 Å². The lowest BCUT2D eigenvalue weighted by Gasteiger charge is -2.30. The van der Waals surface area contributed by atoms with Gasteiger partial charge in [-0.2, -0.15) is 0 Å². The van der Waals surface area contributed by atoms with Crippen LogP contribution in [0.15, 0.2) is 11.0 Å². The smallest absolute Gasteiger partial charge is 0.345 e. The van der Waals surface area contributed by atoms with Gasteiger partial charge >= 0.3 is 5.97 Å². The Morgan fingerprint density at radius 3 is 2.38 bits per heavy atom. The van der Waals surface area contributed by atoms with Gasteiger partial charge in [0.2, 0.25) is 10.0 Å². The molecule has 1 rings (SSSR count). The van der Waals surface area contributed by atoms with Gasteiger partial charge in [-0.15, -0.1) is 11.3 Å². The molecule has 1 unspecified atom stereocenters. The normalized spacial score (nSPS) is 14.1. The molecule has 0 saturated heterocycles. The summed E-state index contributed by atoms with van der Waals surface area (Å²) in [5.74, 6) is -1.15. The minimum atomic E-state index is -3.82. The highest BCUT2D eigenvalue weighted by atomic mass is 32.2. The zero-order valence-electron chi connectivity index (χ0n) is 12.5. The Bertz CT molecular complexity index is 613. The Kier molecular flexibility index (Phi) is 5.54. The maximum atomic E-state index is 12.4. The van der Waals surface area contributed by atoms with Gasteiger partial charge in [-0.05, 0) is 24.8 Å². The van der Waals surface area contributed by atoms with Crippen molar-refractivity contribution in [3.63, 3.8) is 0 Å². The molecule has 8 heteroatoms. The largest absolute Gasteiger partial charge is 0.477 e. The lowest BCUT2D eigenvalue weighted by atomic mass is 9.86. The predicted octanol–water partition coefficient (Wildman–Crippen LogP) is 1.83. The van der Waals surface area contributed by atoms with E-state index >= 15 is 0 Å². The minimum absolute atomic E-state index is 0.0117. The third kappa shape index (κ3) is 4.50. The van der Waals surface area contributed by atoms with Crippen LogP contribution in [0, 0.1) is 12.3 Å². The molecule has 0 aliphatic heterocycles. The molecule has 1 atom stereocenters. The fourth-order valence-corrected chi connectivity index (χ4v) is 4.79. The Hall–Kier alpha value is -0.960. The van der Waals surface area contributed by atoms with E-state index in [2.05, 4.69) is 4.72 Å². The Labute approximate surface area is 128 Å². The van der Waals surface area contributed by atoms with E-state index in [1.807, 2.05) is 20.8 Å². The van der Waals surface area contributed by atoms with Gasteiger partial charge in [0, 0.05) is 17.5 Å². The third-order valence-corrected chi connectivity index (χ3v) is 5.90. The first-order valence-electron chi connectivity index (χ1n) is 6.46. The highest BCUT2D eigenvalue weighted by Crippen LogP contribution is 2.28. The van der Waals surface area contributed by atoms with Crippen molar-refractivity contribution in [1.82, 2.24) is 4.72 Å². The number of aliphatic hydroxyl groups is 1. The van der Waals surface area contributed by atoms with E-state index in [0.717, 1.165) is 11.3 Å². The summed E-state index contributed by atoms with van der Waals surface area (Å²) >= 11 is 0.929. The van der Waals surface area contributed by atoms with Gasteiger partial charge < -0.3 is 10.2 Å². The van der Waals surface area contributed by atoms with Crippen LogP contribution in [0.3, 0.4) is 0 Å². The van der Waals surface area contributed by atoms with Gasteiger partial charge in [0.05, 0.1) is 4.90 Å². The van der Waals surface area contributed by atoms with Gasteiger partial charge in [-0.3, -0.25) is 0 Å². The summed E-state index contributed by atoms with van der Waals surface area (Å²) in [6.45, 7) is 7.06. The highest BCUT2D eigenvalue weighted by Gasteiger charge is 2.31. The monoisotopic (exact) mass is 335 g/mol. The molecule has 1 aromatic rings. The van der Waals surface area contributed by atoms with Crippen molar-refractivity contribution in [3.05, 3.63) is 15.8 Å². The first-order chi connectivity index (χ1) is 9.49. The van der Waals surface area contributed by atoms with Crippen LogP contribution in [0.25, 0.3) is 0 Å². The summed E-state index contributed by atoms with van der Waals surface area (Å²) in [5, 5.41) is 18.0. The van der Waals surface area contributed by atoms with Gasteiger partial charge in [-0.1, -0.05) is 20.8 Å². The molecular weight excluding hydrogens is 314 g/mol. The fraction of sp³-hybridized carbons (Fsp3) is 0.615. The summed E-state index contributed by atoms with van der Waals surface area (Å²) in [6, 6.07) is 0.726. The van der Waals surface area contributed by atoms with E-state index < -0.39 is 22.0 Å². The molecule has 0 spiro atoms. The third-order valence-electron chi connectivity index (χ3n) is 3.13. The van der Waals surface area contributed by atoms with Crippen molar-refractivity contribution in [3.8, 4) is 0 Å². The van der Waals surface area contributed by atoms with E-state index in [1.165, 1.54) is 6.07 Å². The summed E-state index contributed by atoms with van der Waals surface area (Å²) in [5.41, 5.74) is -0.366. The average molecular weight is 335 g/mol. The summed E-state index contributed by atoms with van der Waals surface area (Å²) in [7, 11) is -3.82. The number of carbonyl (C=O) groups is 1. The average Bonchev–Trinajstić information content (AvgIpc) is 2.70. The fourth-order valence-electron chi connectivity index (χ4n) is 1.89. The number of aryl methyl sites for hydroxylation is 1. The first-order valence-corrected chi connectivity index (χ1v) is 8.76. The van der Waals surface area contributed by atoms with Gasteiger partial charge in [-0.25, -0.2) is 17.9 Å². The number of aromatic carboxylic acids is 1. The van der Waals surface area contributed by atoms with E-state index in [1.54, 1.807) is 6.92 Å². The standard InChI is InChI=1S/C13H21NO5S2/c1-8-10(7-9(20-8)12(16)17)21(18,19)14-11(5-6-15)13(2,3)4/h7,11,14-15H,5-6H2,1-4H3,(H,16,17).